The number of hydrogen-bond acceptors (Lipinski definition) is 6. The van der Waals surface area contributed by atoms with Crippen LogP contribution >= 0.6 is 0 Å². The quantitative estimate of drug-likeness (QED) is 0.300. The zero-order chi connectivity index (χ0) is 26.8. The van der Waals surface area contributed by atoms with Gasteiger partial charge in [0.25, 0.3) is 5.91 Å². The van der Waals surface area contributed by atoms with Gasteiger partial charge in [-0.3, -0.25) is 9.78 Å². The second-order valence-electron chi connectivity index (χ2n) is 7.67. The van der Waals surface area contributed by atoms with Crippen LogP contribution in [0, 0.1) is 0 Å². The molecule has 0 bridgehead atoms. The van der Waals surface area contributed by atoms with Crippen LogP contribution in [0.3, 0.4) is 0 Å². The molecule has 0 aliphatic heterocycles. The predicted molar refractivity (Wildman–Crippen MR) is 131 cm³/mol. The minimum atomic E-state index is -4.57. The van der Waals surface area contributed by atoms with Gasteiger partial charge in [-0.15, -0.1) is 0 Å². The van der Waals surface area contributed by atoms with Gasteiger partial charge < -0.3 is 30.7 Å². The molecule has 196 valence electrons. The van der Waals surface area contributed by atoms with Crippen molar-refractivity contribution in [2.75, 3.05) is 32.6 Å². The second-order valence-corrected chi connectivity index (χ2v) is 7.67. The first-order valence-corrected chi connectivity index (χ1v) is 11.2. The maximum absolute atomic E-state index is 13.1. The van der Waals surface area contributed by atoms with Gasteiger partial charge in [-0.2, -0.15) is 13.2 Å². The Labute approximate surface area is 211 Å². The van der Waals surface area contributed by atoms with Crippen molar-refractivity contribution in [3.63, 3.8) is 0 Å². The number of amides is 3. The summed E-state index contributed by atoms with van der Waals surface area (Å²) in [6.07, 6.45) is -3.11. The van der Waals surface area contributed by atoms with E-state index >= 15 is 0 Å². The van der Waals surface area contributed by atoms with Gasteiger partial charge in [0.15, 0.2) is 0 Å². The summed E-state index contributed by atoms with van der Waals surface area (Å²) >= 11 is 0. The van der Waals surface area contributed by atoms with E-state index in [1.807, 2.05) is 0 Å². The summed E-state index contributed by atoms with van der Waals surface area (Å²) in [5.41, 5.74) is -0.0716. The van der Waals surface area contributed by atoms with Crippen molar-refractivity contribution in [1.82, 2.24) is 20.9 Å². The molecule has 0 radical (unpaired) electrons. The lowest BCUT2D eigenvalue weighted by Crippen LogP contribution is -2.28. The number of nitrogens with zero attached hydrogens (tertiary/aromatic N) is 1. The molecule has 1 aromatic heterocycles. The lowest BCUT2D eigenvalue weighted by Gasteiger charge is -2.16. The lowest BCUT2D eigenvalue weighted by atomic mass is 10.1. The standard InChI is InChI=1S/C25H26F3N5O4/c1-29-11-12-36-22-8-5-17(25(26,27)28)13-20(22)33-24(35)32-15-16-3-6-18(7-4-16)37-19-9-10-31-21(14-19)23(34)30-2/h3-10,13-14,29H,11-12,15H2,1-2H3,(H,30,34)(H2,32,33,35). The molecule has 0 saturated heterocycles. The van der Waals surface area contributed by atoms with Gasteiger partial charge in [-0.05, 0) is 49.0 Å². The summed E-state index contributed by atoms with van der Waals surface area (Å²) in [6.45, 7) is 0.791. The molecule has 2 aromatic carbocycles. The average molecular weight is 518 g/mol. The number of aromatic nitrogens is 1. The molecule has 0 fully saturated rings. The Hall–Kier alpha value is -4.32. The summed E-state index contributed by atoms with van der Waals surface area (Å²) in [5, 5.41) is 10.4. The van der Waals surface area contributed by atoms with E-state index in [0.717, 1.165) is 17.7 Å². The first kappa shape index (κ1) is 27.3. The number of alkyl halides is 3. The van der Waals surface area contributed by atoms with E-state index in [4.69, 9.17) is 9.47 Å². The Kier molecular flexibility index (Phi) is 9.27. The summed E-state index contributed by atoms with van der Waals surface area (Å²) in [6, 6.07) is 12.1. The molecule has 0 atom stereocenters. The highest BCUT2D eigenvalue weighted by Gasteiger charge is 2.31. The molecule has 1 heterocycles. The van der Waals surface area contributed by atoms with E-state index in [1.165, 1.54) is 25.4 Å². The van der Waals surface area contributed by atoms with E-state index in [-0.39, 0.29) is 36.2 Å². The Morgan fingerprint density at radius 2 is 1.73 bits per heavy atom. The topological polar surface area (TPSA) is 114 Å². The van der Waals surface area contributed by atoms with Crippen LogP contribution in [0.15, 0.2) is 60.8 Å². The minimum Gasteiger partial charge on any atom is -0.490 e. The minimum absolute atomic E-state index is 0.0966. The van der Waals surface area contributed by atoms with Crippen LogP contribution in [-0.2, 0) is 12.7 Å². The number of pyridine rings is 1. The number of anilines is 1. The molecule has 9 nitrogen and oxygen atoms in total. The Morgan fingerprint density at radius 3 is 2.41 bits per heavy atom. The number of carbonyl (C=O) groups excluding carboxylic acids is 2. The number of halogens is 3. The van der Waals surface area contributed by atoms with Crippen molar-refractivity contribution in [2.24, 2.45) is 0 Å². The van der Waals surface area contributed by atoms with E-state index in [9.17, 15) is 22.8 Å². The average Bonchev–Trinajstić information content (AvgIpc) is 2.88. The van der Waals surface area contributed by atoms with E-state index in [1.54, 1.807) is 37.4 Å². The van der Waals surface area contributed by atoms with Gasteiger partial charge in [-0.1, -0.05) is 12.1 Å². The number of nitrogens with one attached hydrogen (secondary N) is 4. The molecule has 0 saturated carbocycles. The number of hydrogen-bond donors (Lipinski definition) is 4. The van der Waals surface area contributed by atoms with Crippen LogP contribution in [-0.4, -0.2) is 44.2 Å². The highest BCUT2D eigenvalue weighted by atomic mass is 19.4. The first-order chi connectivity index (χ1) is 17.7. The normalized spacial score (nSPS) is 10.9. The molecule has 3 aromatic rings. The van der Waals surface area contributed by atoms with E-state index in [0.29, 0.717) is 18.0 Å². The SMILES string of the molecule is CNCCOc1ccc(C(F)(F)F)cc1NC(=O)NCc1ccc(Oc2ccnc(C(=O)NC)c2)cc1. The summed E-state index contributed by atoms with van der Waals surface area (Å²) in [5.74, 6) is 0.699. The molecule has 3 amide bonds. The van der Waals surface area contributed by atoms with Gasteiger partial charge in [0.05, 0.1) is 11.3 Å². The van der Waals surface area contributed by atoms with Crippen LogP contribution < -0.4 is 30.7 Å². The van der Waals surface area contributed by atoms with Gasteiger partial charge in [0, 0.05) is 32.4 Å². The van der Waals surface area contributed by atoms with Crippen molar-refractivity contribution in [2.45, 2.75) is 12.7 Å². The van der Waals surface area contributed by atoms with Gasteiger partial charge >= 0.3 is 12.2 Å². The van der Waals surface area contributed by atoms with E-state index < -0.39 is 17.8 Å². The first-order valence-electron chi connectivity index (χ1n) is 11.2. The number of likely N-dealkylation sites (N-methyl/N-ethyl adjacent to an activating group) is 1. The van der Waals surface area contributed by atoms with Gasteiger partial charge in [-0.25, -0.2) is 4.79 Å². The third-order valence-corrected chi connectivity index (χ3v) is 4.97. The van der Waals surface area contributed by atoms with Crippen LogP contribution in [0.5, 0.6) is 17.2 Å². The second kappa shape index (κ2) is 12.6. The smallest absolute Gasteiger partial charge is 0.416 e. The highest BCUT2D eigenvalue weighted by Crippen LogP contribution is 2.35. The van der Waals surface area contributed by atoms with E-state index in [2.05, 4.69) is 26.3 Å². The van der Waals surface area contributed by atoms with Crippen molar-refractivity contribution in [3.8, 4) is 17.2 Å². The zero-order valence-electron chi connectivity index (χ0n) is 20.1. The molecule has 4 N–H and O–H groups in total. The van der Waals surface area contributed by atoms with Crippen LogP contribution in [0.4, 0.5) is 23.7 Å². The molecule has 3 rings (SSSR count). The molecule has 37 heavy (non-hydrogen) atoms. The van der Waals surface area contributed by atoms with Crippen LogP contribution in [0.1, 0.15) is 21.6 Å². The molecule has 0 aliphatic rings. The maximum Gasteiger partial charge on any atom is 0.416 e. The number of ether oxygens (including phenoxy) is 2. The van der Waals surface area contributed by atoms with Crippen LogP contribution in [0.25, 0.3) is 0 Å². The summed E-state index contributed by atoms with van der Waals surface area (Å²) < 4.78 is 50.7. The van der Waals surface area contributed by atoms with Crippen LogP contribution in [0.2, 0.25) is 0 Å². The van der Waals surface area contributed by atoms with Gasteiger partial charge in [0.2, 0.25) is 0 Å². The fraction of sp³-hybridized carbons (Fsp3) is 0.240. The zero-order valence-corrected chi connectivity index (χ0v) is 20.1. The largest absolute Gasteiger partial charge is 0.490 e. The van der Waals surface area contributed by atoms with Crippen molar-refractivity contribution in [3.05, 3.63) is 77.6 Å². The molecular formula is C25H26F3N5O4. The molecular weight excluding hydrogens is 491 g/mol. The lowest BCUT2D eigenvalue weighted by molar-refractivity contribution is -0.137. The number of carbonyl (C=O) groups is 2. The molecule has 0 aliphatic carbocycles. The van der Waals surface area contributed by atoms with Crippen molar-refractivity contribution in [1.29, 1.82) is 0 Å². The third kappa shape index (κ3) is 8.10. The Morgan fingerprint density at radius 1 is 0.973 bits per heavy atom. The monoisotopic (exact) mass is 517 g/mol. The van der Waals surface area contributed by atoms with Crippen molar-refractivity contribution < 1.29 is 32.2 Å². The molecule has 12 heteroatoms. The highest BCUT2D eigenvalue weighted by molar-refractivity contribution is 5.92. The predicted octanol–water partition coefficient (Wildman–Crippen LogP) is 4.17. The number of benzene rings is 2. The number of rotatable bonds is 10. The summed E-state index contributed by atoms with van der Waals surface area (Å²) in [4.78, 5) is 28.1. The Bertz CT molecular complexity index is 1220. The molecule has 0 spiro atoms. The third-order valence-electron chi connectivity index (χ3n) is 4.97. The number of urea groups is 1. The molecule has 0 unspecified atom stereocenters. The summed E-state index contributed by atoms with van der Waals surface area (Å²) in [7, 11) is 3.21. The fourth-order valence-electron chi connectivity index (χ4n) is 3.08. The Balaban J connectivity index is 1.60. The van der Waals surface area contributed by atoms with Crippen molar-refractivity contribution >= 4 is 17.6 Å². The van der Waals surface area contributed by atoms with Gasteiger partial charge in [0.1, 0.15) is 29.5 Å². The fourth-order valence-corrected chi connectivity index (χ4v) is 3.08. The maximum atomic E-state index is 13.1.